The number of hydrogen-bond acceptors (Lipinski definition) is 2. The lowest BCUT2D eigenvalue weighted by Gasteiger charge is -2.08. The molecule has 0 atom stereocenters. The van der Waals surface area contributed by atoms with E-state index < -0.39 is 12.6 Å². The molecule has 116 valence electrons. The Labute approximate surface area is 120 Å². The van der Waals surface area contributed by atoms with Gasteiger partial charge in [-0.25, -0.2) is 0 Å². The van der Waals surface area contributed by atoms with Crippen molar-refractivity contribution >= 4 is 11.8 Å². The molecule has 21 heavy (non-hydrogen) atoms. The molecule has 0 aliphatic carbocycles. The van der Waals surface area contributed by atoms with Crippen molar-refractivity contribution in [2.45, 2.75) is 25.9 Å². The highest BCUT2D eigenvalue weighted by Crippen LogP contribution is 2.22. The van der Waals surface area contributed by atoms with E-state index in [9.17, 15) is 22.8 Å². The summed E-state index contributed by atoms with van der Waals surface area (Å²) in [5.41, 5.74) is 0.899. The molecule has 2 N–H and O–H groups in total. The van der Waals surface area contributed by atoms with E-state index in [1.807, 2.05) is 0 Å². The molecule has 0 radical (unpaired) electrons. The van der Waals surface area contributed by atoms with Gasteiger partial charge < -0.3 is 10.6 Å². The van der Waals surface area contributed by atoms with Gasteiger partial charge in [0.15, 0.2) is 0 Å². The Bertz CT molecular complexity index is 484. The average Bonchev–Trinajstić information content (AvgIpc) is 2.40. The normalized spacial score (nSPS) is 11.0. The monoisotopic (exact) mass is 302 g/mol. The predicted octanol–water partition coefficient (Wildman–Crippen LogP) is 2.05. The summed E-state index contributed by atoms with van der Waals surface area (Å²) >= 11 is 0. The lowest BCUT2D eigenvalue weighted by Crippen LogP contribution is -2.33. The van der Waals surface area contributed by atoms with Crippen LogP contribution in [0.2, 0.25) is 0 Å². The molecule has 0 saturated carbocycles. The third kappa shape index (κ3) is 7.34. The highest BCUT2D eigenvalue weighted by atomic mass is 19.4. The van der Waals surface area contributed by atoms with Gasteiger partial charge in [0, 0.05) is 32.0 Å². The minimum atomic E-state index is -4.18. The molecule has 0 saturated heterocycles. The number of halogens is 3. The molecule has 2 amide bonds. The fourth-order valence-corrected chi connectivity index (χ4v) is 1.63. The van der Waals surface area contributed by atoms with Gasteiger partial charge in [-0.15, -0.1) is 0 Å². The SMILES string of the molecule is CC(=O)NCCNC(=O)c1ccc(CCC(F)(F)F)cc1. The zero-order valence-electron chi connectivity index (χ0n) is 11.6. The van der Waals surface area contributed by atoms with E-state index in [4.69, 9.17) is 0 Å². The Hall–Kier alpha value is -2.05. The van der Waals surface area contributed by atoms with Gasteiger partial charge in [-0.3, -0.25) is 9.59 Å². The van der Waals surface area contributed by atoms with Gasteiger partial charge >= 0.3 is 6.18 Å². The first kappa shape index (κ1) is 17.0. The zero-order valence-corrected chi connectivity index (χ0v) is 11.6. The fraction of sp³-hybridized carbons (Fsp3) is 0.429. The number of amides is 2. The molecule has 1 aromatic carbocycles. The molecule has 0 aliphatic rings. The van der Waals surface area contributed by atoms with Gasteiger partial charge in [-0.05, 0) is 24.1 Å². The maximum absolute atomic E-state index is 12.1. The summed E-state index contributed by atoms with van der Waals surface area (Å²) in [7, 11) is 0. The number of aryl methyl sites for hydroxylation is 1. The molecule has 1 rings (SSSR count). The Balaban J connectivity index is 2.42. The van der Waals surface area contributed by atoms with E-state index in [1.54, 1.807) is 0 Å². The molecular weight excluding hydrogens is 285 g/mol. The van der Waals surface area contributed by atoms with Crippen LogP contribution in [0.1, 0.15) is 29.3 Å². The van der Waals surface area contributed by atoms with E-state index in [0.29, 0.717) is 17.7 Å². The van der Waals surface area contributed by atoms with Crippen molar-refractivity contribution in [3.63, 3.8) is 0 Å². The van der Waals surface area contributed by atoms with Gasteiger partial charge in [0.25, 0.3) is 5.91 Å². The van der Waals surface area contributed by atoms with Crippen molar-refractivity contribution in [3.8, 4) is 0 Å². The van der Waals surface area contributed by atoms with E-state index in [1.165, 1.54) is 31.2 Å². The second-order valence-electron chi connectivity index (χ2n) is 4.55. The quantitative estimate of drug-likeness (QED) is 0.790. The number of rotatable bonds is 6. The third-order valence-electron chi connectivity index (χ3n) is 2.70. The molecule has 0 aliphatic heterocycles. The molecule has 1 aromatic rings. The van der Waals surface area contributed by atoms with Gasteiger partial charge in [0.2, 0.25) is 5.91 Å². The van der Waals surface area contributed by atoms with E-state index in [-0.39, 0.29) is 24.8 Å². The Morgan fingerprint density at radius 3 is 2.14 bits per heavy atom. The summed E-state index contributed by atoms with van der Waals surface area (Å²) in [6.45, 7) is 1.99. The summed E-state index contributed by atoms with van der Waals surface area (Å²) in [5.74, 6) is -0.513. The minimum absolute atomic E-state index is 0.103. The maximum atomic E-state index is 12.1. The summed E-state index contributed by atoms with van der Waals surface area (Å²) in [4.78, 5) is 22.3. The number of carbonyl (C=O) groups excluding carboxylic acids is 2. The van der Waals surface area contributed by atoms with Gasteiger partial charge in [0.1, 0.15) is 0 Å². The largest absolute Gasteiger partial charge is 0.389 e. The van der Waals surface area contributed by atoms with Crippen LogP contribution in [0.3, 0.4) is 0 Å². The van der Waals surface area contributed by atoms with Crippen LogP contribution in [0, 0.1) is 0 Å². The second kappa shape index (κ2) is 7.66. The molecule has 0 bridgehead atoms. The Morgan fingerprint density at radius 2 is 1.62 bits per heavy atom. The van der Waals surface area contributed by atoms with Crippen LogP contribution >= 0.6 is 0 Å². The van der Waals surface area contributed by atoms with Crippen molar-refractivity contribution in [2.75, 3.05) is 13.1 Å². The number of benzene rings is 1. The van der Waals surface area contributed by atoms with E-state index >= 15 is 0 Å². The first-order chi connectivity index (χ1) is 9.78. The number of hydrogen-bond donors (Lipinski definition) is 2. The minimum Gasteiger partial charge on any atom is -0.355 e. The van der Waals surface area contributed by atoms with Crippen LogP contribution in [0.5, 0.6) is 0 Å². The van der Waals surface area contributed by atoms with Crippen molar-refractivity contribution in [1.29, 1.82) is 0 Å². The predicted molar refractivity (Wildman–Crippen MR) is 71.8 cm³/mol. The molecular formula is C14H17F3N2O2. The van der Waals surface area contributed by atoms with Gasteiger partial charge in [-0.1, -0.05) is 12.1 Å². The standard InChI is InChI=1S/C14H17F3N2O2/c1-10(20)18-8-9-19-13(21)12-4-2-11(3-5-12)6-7-14(15,16)17/h2-5H,6-9H2,1H3,(H,18,20)(H,19,21). The number of nitrogens with one attached hydrogen (secondary N) is 2. The Morgan fingerprint density at radius 1 is 1.05 bits per heavy atom. The average molecular weight is 302 g/mol. The van der Waals surface area contributed by atoms with Crippen molar-refractivity contribution < 1.29 is 22.8 Å². The van der Waals surface area contributed by atoms with Crippen molar-refractivity contribution in [2.24, 2.45) is 0 Å². The first-order valence-corrected chi connectivity index (χ1v) is 6.46. The number of alkyl halides is 3. The molecule has 0 unspecified atom stereocenters. The zero-order chi connectivity index (χ0) is 15.9. The third-order valence-corrected chi connectivity index (χ3v) is 2.70. The molecule has 0 fully saturated rings. The van der Waals surface area contributed by atoms with Crippen LogP contribution in [-0.4, -0.2) is 31.1 Å². The fourth-order valence-electron chi connectivity index (χ4n) is 1.63. The van der Waals surface area contributed by atoms with E-state index in [0.717, 1.165) is 0 Å². The van der Waals surface area contributed by atoms with Crippen LogP contribution in [0.15, 0.2) is 24.3 Å². The van der Waals surface area contributed by atoms with Crippen molar-refractivity contribution in [3.05, 3.63) is 35.4 Å². The topological polar surface area (TPSA) is 58.2 Å². The lowest BCUT2D eigenvalue weighted by molar-refractivity contribution is -0.134. The summed E-state index contributed by atoms with van der Waals surface area (Å²) in [5, 5.41) is 5.13. The highest BCUT2D eigenvalue weighted by Gasteiger charge is 2.26. The van der Waals surface area contributed by atoms with Crippen LogP contribution in [-0.2, 0) is 11.2 Å². The summed E-state index contributed by atoms with van der Waals surface area (Å²) in [6.07, 6.45) is -5.16. The maximum Gasteiger partial charge on any atom is 0.389 e. The molecule has 0 spiro atoms. The van der Waals surface area contributed by atoms with Gasteiger partial charge in [-0.2, -0.15) is 13.2 Å². The smallest absolute Gasteiger partial charge is 0.355 e. The molecule has 7 heteroatoms. The van der Waals surface area contributed by atoms with Crippen molar-refractivity contribution in [1.82, 2.24) is 10.6 Å². The summed E-state index contributed by atoms with van der Waals surface area (Å²) < 4.78 is 36.3. The van der Waals surface area contributed by atoms with Gasteiger partial charge in [0.05, 0.1) is 0 Å². The molecule has 0 aromatic heterocycles. The second-order valence-corrected chi connectivity index (χ2v) is 4.55. The Kier molecular flexibility index (Phi) is 6.20. The number of carbonyl (C=O) groups is 2. The lowest BCUT2D eigenvalue weighted by atomic mass is 10.1. The first-order valence-electron chi connectivity index (χ1n) is 6.46. The molecule has 4 nitrogen and oxygen atoms in total. The summed E-state index contributed by atoms with van der Waals surface area (Å²) in [6, 6.07) is 5.99. The highest BCUT2D eigenvalue weighted by molar-refractivity contribution is 5.94. The van der Waals surface area contributed by atoms with E-state index in [2.05, 4.69) is 10.6 Å². The van der Waals surface area contributed by atoms with Crippen LogP contribution in [0.4, 0.5) is 13.2 Å². The van der Waals surface area contributed by atoms with Crippen LogP contribution < -0.4 is 10.6 Å². The molecule has 0 heterocycles. The van der Waals surface area contributed by atoms with Crippen LogP contribution in [0.25, 0.3) is 0 Å².